The molecule has 1 saturated heterocycles. The first-order valence-electron chi connectivity index (χ1n) is 9.53. The van der Waals surface area contributed by atoms with Crippen LogP contribution < -0.4 is 0 Å². The molecule has 0 radical (unpaired) electrons. The van der Waals surface area contributed by atoms with Gasteiger partial charge in [0.15, 0.2) is 5.78 Å². The summed E-state index contributed by atoms with van der Waals surface area (Å²) < 4.78 is 12.1. The van der Waals surface area contributed by atoms with Gasteiger partial charge in [0.25, 0.3) is 0 Å². The molecule has 1 aliphatic rings. The molecule has 27 heavy (non-hydrogen) atoms. The van der Waals surface area contributed by atoms with E-state index in [-0.39, 0.29) is 29.9 Å². The van der Waals surface area contributed by atoms with Crippen molar-refractivity contribution >= 4 is 11.6 Å². The molecule has 1 heterocycles. The summed E-state index contributed by atoms with van der Waals surface area (Å²) in [5, 5.41) is 0. The van der Waals surface area contributed by atoms with Gasteiger partial charge in [-0.25, -0.2) is 0 Å². The van der Waals surface area contributed by atoms with E-state index in [1.165, 1.54) is 0 Å². The van der Waals surface area contributed by atoms with Crippen molar-refractivity contribution in [3.63, 3.8) is 0 Å². The molecule has 2 aromatic rings. The van der Waals surface area contributed by atoms with E-state index >= 15 is 0 Å². The summed E-state index contributed by atoms with van der Waals surface area (Å²) in [5.41, 5.74) is 1.77. The molecular formula is C23H26O4. The van der Waals surface area contributed by atoms with Crippen molar-refractivity contribution in [2.75, 3.05) is 0 Å². The molecule has 0 spiro atoms. The second kappa shape index (κ2) is 9.58. The Morgan fingerprint density at radius 2 is 1.78 bits per heavy atom. The zero-order valence-electron chi connectivity index (χ0n) is 15.7. The van der Waals surface area contributed by atoms with Gasteiger partial charge in [0, 0.05) is 24.8 Å². The fourth-order valence-corrected chi connectivity index (χ4v) is 3.30. The van der Waals surface area contributed by atoms with Crippen molar-refractivity contribution in [2.45, 2.75) is 57.5 Å². The summed E-state index contributed by atoms with van der Waals surface area (Å²) in [7, 11) is 0. The molecule has 1 fully saturated rings. The van der Waals surface area contributed by atoms with Crippen LogP contribution in [0.15, 0.2) is 60.7 Å². The van der Waals surface area contributed by atoms with Crippen LogP contribution in [-0.2, 0) is 20.9 Å². The van der Waals surface area contributed by atoms with E-state index in [1.807, 2.05) is 67.6 Å². The molecule has 4 heteroatoms. The predicted octanol–water partition coefficient (Wildman–Crippen LogP) is 4.37. The Balaban J connectivity index is 1.59. The topological polar surface area (TPSA) is 52.6 Å². The second-order valence-corrected chi connectivity index (χ2v) is 7.07. The molecule has 0 N–H and O–H groups in total. The molecule has 3 rings (SSSR count). The lowest BCUT2D eigenvalue weighted by Crippen LogP contribution is -2.33. The second-order valence-electron chi connectivity index (χ2n) is 7.07. The van der Waals surface area contributed by atoms with E-state index in [0.29, 0.717) is 37.9 Å². The number of hydrogen-bond acceptors (Lipinski definition) is 4. The van der Waals surface area contributed by atoms with Crippen LogP contribution in [0.3, 0.4) is 0 Å². The Morgan fingerprint density at radius 3 is 2.48 bits per heavy atom. The Hall–Kier alpha value is -2.30. The van der Waals surface area contributed by atoms with Gasteiger partial charge in [-0.2, -0.15) is 0 Å². The minimum absolute atomic E-state index is 0.0477. The maximum Gasteiger partial charge on any atom is 0.165 e. The Bertz CT molecular complexity index is 741. The third-order valence-electron chi connectivity index (χ3n) is 4.93. The lowest BCUT2D eigenvalue weighted by Gasteiger charge is -2.26. The van der Waals surface area contributed by atoms with Gasteiger partial charge in [-0.1, -0.05) is 60.7 Å². The predicted molar refractivity (Wildman–Crippen MR) is 104 cm³/mol. The van der Waals surface area contributed by atoms with Gasteiger partial charge in [-0.3, -0.25) is 9.59 Å². The van der Waals surface area contributed by atoms with Crippen LogP contribution >= 0.6 is 0 Å². The van der Waals surface area contributed by atoms with Gasteiger partial charge in [-0.15, -0.1) is 0 Å². The van der Waals surface area contributed by atoms with Crippen LogP contribution in [0.25, 0.3) is 0 Å². The van der Waals surface area contributed by atoms with Crippen molar-refractivity contribution < 1.29 is 19.1 Å². The van der Waals surface area contributed by atoms with Crippen LogP contribution in [0.1, 0.15) is 48.5 Å². The van der Waals surface area contributed by atoms with Crippen molar-refractivity contribution in [1.29, 1.82) is 0 Å². The van der Waals surface area contributed by atoms with Crippen LogP contribution in [0.4, 0.5) is 0 Å². The molecule has 142 valence electrons. The van der Waals surface area contributed by atoms with Crippen molar-refractivity contribution in [2.24, 2.45) is 0 Å². The number of benzene rings is 2. The summed E-state index contributed by atoms with van der Waals surface area (Å²) in [6.45, 7) is 2.41. The quantitative estimate of drug-likeness (QED) is 0.683. The summed E-state index contributed by atoms with van der Waals surface area (Å²) >= 11 is 0. The molecule has 0 aliphatic carbocycles. The highest BCUT2D eigenvalue weighted by molar-refractivity contribution is 5.96. The van der Waals surface area contributed by atoms with E-state index in [2.05, 4.69) is 0 Å². The summed E-state index contributed by atoms with van der Waals surface area (Å²) in [6, 6.07) is 19.1. The van der Waals surface area contributed by atoms with Crippen LogP contribution in [0.5, 0.6) is 0 Å². The highest BCUT2D eigenvalue weighted by Gasteiger charge is 2.30. The van der Waals surface area contributed by atoms with Crippen molar-refractivity contribution in [1.82, 2.24) is 0 Å². The number of hydrogen-bond donors (Lipinski definition) is 0. The number of carbonyl (C=O) groups is 2. The lowest BCUT2D eigenvalue weighted by atomic mass is 10.0. The maximum absolute atomic E-state index is 12.5. The average molecular weight is 366 g/mol. The molecule has 2 aromatic carbocycles. The summed E-state index contributed by atoms with van der Waals surface area (Å²) in [6.07, 6.45) is 0.870. The van der Waals surface area contributed by atoms with E-state index in [4.69, 9.17) is 9.47 Å². The number of rotatable bonds is 7. The average Bonchev–Trinajstić information content (AvgIpc) is 2.89. The number of Topliss-reactive ketones (excluding diaryl/α,β-unsaturated/α-hetero) is 2. The number of ether oxygens (including phenoxy) is 2. The molecule has 4 nitrogen and oxygen atoms in total. The first-order valence-corrected chi connectivity index (χ1v) is 9.53. The first kappa shape index (κ1) is 19.5. The Morgan fingerprint density at radius 1 is 1.11 bits per heavy atom. The minimum Gasteiger partial charge on any atom is -0.371 e. The third-order valence-corrected chi connectivity index (χ3v) is 4.93. The summed E-state index contributed by atoms with van der Waals surface area (Å²) in [5.74, 6) is 0.219. The standard InChI is InChI=1S/C23H26O4/c1-17(26-16-18-8-4-2-5-9-18)23-14-20(24)12-13-21(27-23)15-22(25)19-10-6-3-7-11-19/h2-11,17,21,23H,12-16H2,1H3/t17-,21-,23-/m0/s1. The number of carbonyl (C=O) groups excluding carboxylic acids is 2. The molecule has 1 aliphatic heterocycles. The Kier molecular flexibility index (Phi) is 6.91. The third kappa shape index (κ3) is 5.84. The molecular weight excluding hydrogens is 340 g/mol. The molecule has 0 bridgehead atoms. The molecule has 0 amide bonds. The smallest absolute Gasteiger partial charge is 0.165 e. The summed E-state index contributed by atoms with van der Waals surface area (Å²) in [4.78, 5) is 24.7. The maximum atomic E-state index is 12.5. The van der Waals surface area contributed by atoms with Gasteiger partial charge in [0.05, 0.1) is 24.9 Å². The highest BCUT2D eigenvalue weighted by atomic mass is 16.5. The van der Waals surface area contributed by atoms with Gasteiger partial charge in [-0.05, 0) is 18.9 Å². The van der Waals surface area contributed by atoms with E-state index in [1.54, 1.807) is 0 Å². The normalized spacial score (nSPS) is 21.4. The van der Waals surface area contributed by atoms with Crippen molar-refractivity contribution in [3.05, 3.63) is 71.8 Å². The Labute approximate surface area is 160 Å². The molecule has 0 unspecified atom stereocenters. The van der Waals surface area contributed by atoms with Crippen LogP contribution in [0, 0.1) is 0 Å². The van der Waals surface area contributed by atoms with E-state index in [0.717, 1.165) is 5.56 Å². The minimum atomic E-state index is -0.322. The number of ketones is 2. The molecule has 3 atom stereocenters. The molecule has 0 saturated carbocycles. The van der Waals surface area contributed by atoms with Crippen LogP contribution in [0.2, 0.25) is 0 Å². The van der Waals surface area contributed by atoms with Gasteiger partial charge in [0.2, 0.25) is 0 Å². The SMILES string of the molecule is C[C@H](OCc1ccccc1)[C@@H]1CC(=O)CC[C@@H](CC(=O)c2ccccc2)O1. The fourth-order valence-electron chi connectivity index (χ4n) is 3.30. The highest BCUT2D eigenvalue weighted by Crippen LogP contribution is 2.24. The largest absolute Gasteiger partial charge is 0.371 e. The zero-order valence-corrected chi connectivity index (χ0v) is 15.7. The zero-order chi connectivity index (χ0) is 19.1. The van der Waals surface area contributed by atoms with Crippen LogP contribution in [-0.4, -0.2) is 29.9 Å². The van der Waals surface area contributed by atoms with E-state index < -0.39 is 0 Å². The van der Waals surface area contributed by atoms with Gasteiger partial charge >= 0.3 is 0 Å². The lowest BCUT2D eigenvalue weighted by molar-refractivity contribution is -0.125. The van der Waals surface area contributed by atoms with Gasteiger partial charge < -0.3 is 9.47 Å². The van der Waals surface area contributed by atoms with Gasteiger partial charge in [0.1, 0.15) is 5.78 Å². The van der Waals surface area contributed by atoms with Crippen molar-refractivity contribution in [3.8, 4) is 0 Å². The van der Waals surface area contributed by atoms with E-state index in [9.17, 15) is 9.59 Å². The monoisotopic (exact) mass is 366 g/mol. The fraction of sp³-hybridized carbons (Fsp3) is 0.391. The molecule has 0 aromatic heterocycles. The first-order chi connectivity index (χ1) is 13.1.